The minimum absolute atomic E-state index is 0.160. The van der Waals surface area contributed by atoms with E-state index in [2.05, 4.69) is 10.2 Å². The zero-order chi connectivity index (χ0) is 20.4. The number of halogens is 2. The van der Waals surface area contributed by atoms with E-state index in [-0.39, 0.29) is 5.89 Å². The van der Waals surface area contributed by atoms with Crippen molar-refractivity contribution in [3.8, 4) is 34.0 Å². The third-order valence-corrected chi connectivity index (χ3v) is 5.73. The summed E-state index contributed by atoms with van der Waals surface area (Å²) in [7, 11) is -4.64. The molecule has 0 bridgehead atoms. The lowest BCUT2D eigenvalue weighted by atomic mass is 10.0. The Kier molecular flexibility index (Phi) is 4.94. The fraction of sp³-hybridized carbons (Fsp3) is 0.0476. The van der Waals surface area contributed by atoms with Gasteiger partial charge in [-0.15, -0.1) is 10.2 Å². The van der Waals surface area contributed by atoms with Crippen LogP contribution >= 0.6 is 0 Å². The molecule has 0 saturated carbocycles. The molecule has 0 atom stereocenters. The molecule has 5 nitrogen and oxygen atoms in total. The van der Waals surface area contributed by atoms with Gasteiger partial charge in [0.15, 0.2) is 0 Å². The van der Waals surface area contributed by atoms with Crippen LogP contribution in [0.4, 0.5) is 8.78 Å². The quantitative estimate of drug-likeness (QED) is 0.458. The highest BCUT2D eigenvalue weighted by molar-refractivity contribution is 7.91. The van der Waals surface area contributed by atoms with Gasteiger partial charge < -0.3 is 4.42 Å². The maximum atomic E-state index is 12.6. The van der Waals surface area contributed by atoms with E-state index < -0.39 is 20.5 Å². The van der Waals surface area contributed by atoms with E-state index in [1.54, 1.807) is 0 Å². The molecular weight excluding hydrogens is 398 g/mol. The number of aromatic nitrogens is 2. The van der Waals surface area contributed by atoms with Crippen LogP contribution in [0.1, 0.15) is 0 Å². The van der Waals surface area contributed by atoms with Crippen molar-refractivity contribution in [1.82, 2.24) is 10.2 Å². The first-order valence-corrected chi connectivity index (χ1v) is 10.1. The molecule has 8 heteroatoms. The molecule has 146 valence electrons. The lowest BCUT2D eigenvalue weighted by Gasteiger charge is -2.03. The van der Waals surface area contributed by atoms with Crippen LogP contribution in [0.25, 0.3) is 34.0 Å². The van der Waals surface area contributed by atoms with Gasteiger partial charge in [0.05, 0.1) is 4.90 Å². The highest BCUT2D eigenvalue weighted by atomic mass is 32.2. The van der Waals surface area contributed by atoms with Gasteiger partial charge in [0.2, 0.25) is 21.6 Å². The molecule has 3 aromatic carbocycles. The Labute approximate surface area is 165 Å². The fourth-order valence-corrected chi connectivity index (χ4v) is 3.50. The van der Waals surface area contributed by atoms with Crippen LogP contribution in [0.5, 0.6) is 0 Å². The number of hydrogen-bond acceptors (Lipinski definition) is 5. The summed E-state index contributed by atoms with van der Waals surface area (Å²) in [6.07, 6.45) is 0. The predicted octanol–water partition coefficient (Wildman–Crippen LogP) is 5.07. The normalized spacial score (nSPS) is 11.7. The van der Waals surface area contributed by atoms with Crippen LogP contribution in [0, 0.1) is 0 Å². The summed E-state index contributed by atoms with van der Waals surface area (Å²) in [6, 6.07) is 22.4. The third kappa shape index (κ3) is 3.79. The zero-order valence-electron chi connectivity index (χ0n) is 14.9. The molecule has 0 aliphatic rings. The van der Waals surface area contributed by atoms with Crippen LogP contribution in [0.2, 0.25) is 0 Å². The summed E-state index contributed by atoms with van der Waals surface area (Å²) in [4.78, 5) is -0.465. The molecule has 0 spiro atoms. The SMILES string of the molecule is O=S(=O)(c1ccc(-c2nnc(-c3ccc(-c4ccccc4)cc3)o2)cc1)C(F)F. The van der Waals surface area contributed by atoms with Crippen LogP contribution < -0.4 is 0 Å². The maximum absolute atomic E-state index is 12.6. The summed E-state index contributed by atoms with van der Waals surface area (Å²) in [5.41, 5.74) is 3.28. The van der Waals surface area contributed by atoms with Gasteiger partial charge in [0.1, 0.15) is 0 Å². The average molecular weight is 412 g/mol. The van der Waals surface area contributed by atoms with Crippen molar-refractivity contribution in [2.24, 2.45) is 0 Å². The minimum Gasteiger partial charge on any atom is -0.416 e. The van der Waals surface area contributed by atoms with E-state index in [1.165, 1.54) is 12.1 Å². The molecule has 1 aromatic heterocycles. The number of benzene rings is 3. The van der Waals surface area contributed by atoms with Crippen molar-refractivity contribution in [1.29, 1.82) is 0 Å². The maximum Gasteiger partial charge on any atom is 0.341 e. The first kappa shape index (κ1) is 18.9. The molecule has 0 unspecified atom stereocenters. The van der Waals surface area contributed by atoms with Crippen molar-refractivity contribution < 1.29 is 21.6 Å². The number of alkyl halides is 2. The van der Waals surface area contributed by atoms with Gasteiger partial charge in [-0.05, 0) is 47.5 Å². The number of rotatable bonds is 5. The molecule has 0 fully saturated rings. The molecule has 29 heavy (non-hydrogen) atoms. The molecule has 4 rings (SSSR count). The van der Waals surface area contributed by atoms with Crippen molar-refractivity contribution in [3.05, 3.63) is 78.9 Å². The van der Waals surface area contributed by atoms with Crippen LogP contribution in [0.3, 0.4) is 0 Å². The molecule has 0 aliphatic heterocycles. The summed E-state index contributed by atoms with van der Waals surface area (Å²) in [6.45, 7) is 0. The minimum atomic E-state index is -4.64. The van der Waals surface area contributed by atoms with Gasteiger partial charge in [0, 0.05) is 11.1 Å². The highest BCUT2D eigenvalue weighted by Crippen LogP contribution is 2.28. The summed E-state index contributed by atoms with van der Waals surface area (Å²) in [5, 5.41) is 7.97. The van der Waals surface area contributed by atoms with Crippen LogP contribution in [-0.2, 0) is 9.84 Å². The predicted molar refractivity (Wildman–Crippen MR) is 104 cm³/mol. The number of sulfone groups is 1. The van der Waals surface area contributed by atoms with Crippen LogP contribution in [0.15, 0.2) is 88.2 Å². The third-order valence-electron chi connectivity index (χ3n) is 4.33. The second-order valence-corrected chi connectivity index (χ2v) is 8.10. The Morgan fingerprint density at radius 3 is 1.62 bits per heavy atom. The van der Waals surface area contributed by atoms with Crippen molar-refractivity contribution >= 4 is 9.84 Å². The van der Waals surface area contributed by atoms with Gasteiger partial charge in [-0.2, -0.15) is 8.78 Å². The lowest BCUT2D eigenvalue weighted by molar-refractivity contribution is 0.234. The van der Waals surface area contributed by atoms with Crippen LogP contribution in [-0.4, -0.2) is 24.4 Å². The number of nitrogens with zero attached hydrogens (tertiary/aromatic N) is 2. The van der Waals surface area contributed by atoms with E-state index in [0.29, 0.717) is 11.5 Å². The second kappa shape index (κ2) is 7.56. The zero-order valence-corrected chi connectivity index (χ0v) is 15.7. The van der Waals surface area contributed by atoms with E-state index >= 15 is 0 Å². The largest absolute Gasteiger partial charge is 0.416 e. The van der Waals surface area contributed by atoms with E-state index in [4.69, 9.17) is 4.42 Å². The highest BCUT2D eigenvalue weighted by Gasteiger charge is 2.26. The van der Waals surface area contributed by atoms with E-state index in [1.807, 2.05) is 54.6 Å². The lowest BCUT2D eigenvalue weighted by Crippen LogP contribution is -2.11. The van der Waals surface area contributed by atoms with Crippen molar-refractivity contribution in [3.63, 3.8) is 0 Å². The van der Waals surface area contributed by atoms with Gasteiger partial charge >= 0.3 is 5.76 Å². The Morgan fingerprint density at radius 1 is 0.655 bits per heavy atom. The van der Waals surface area contributed by atoms with Crippen molar-refractivity contribution in [2.75, 3.05) is 0 Å². The van der Waals surface area contributed by atoms with E-state index in [0.717, 1.165) is 28.8 Å². The molecule has 4 aromatic rings. The topological polar surface area (TPSA) is 73.1 Å². The monoisotopic (exact) mass is 412 g/mol. The van der Waals surface area contributed by atoms with Gasteiger partial charge in [-0.3, -0.25) is 0 Å². The van der Waals surface area contributed by atoms with Gasteiger partial charge in [-0.25, -0.2) is 8.42 Å². The Hall–Kier alpha value is -3.39. The smallest absolute Gasteiger partial charge is 0.341 e. The van der Waals surface area contributed by atoms with E-state index in [9.17, 15) is 17.2 Å². The number of hydrogen-bond donors (Lipinski definition) is 0. The first-order chi connectivity index (χ1) is 13.9. The van der Waals surface area contributed by atoms with Crippen molar-refractivity contribution in [2.45, 2.75) is 10.7 Å². The first-order valence-electron chi connectivity index (χ1n) is 8.57. The fourth-order valence-electron chi connectivity index (χ4n) is 2.78. The molecule has 0 N–H and O–H groups in total. The van der Waals surface area contributed by atoms with Gasteiger partial charge in [-0.1, -0.05) is 42.5 Å². The summed E-state index contributed by atoms with van der Waals surface area (Å²) >= 11 is 0. The van der Waals surface area contributed by atoms with Gasteiger partial charge in [0.25, 0.3) is 0 Å². The second-order valence-electron chi connectivity index (χ2n) is 6.19. The Balaban J connectivity index is 1.57. The average Bonchev–Trinajstić information content (AvgIpc) is 3.25. The molecule has 0 saturated heterocycles. The molecule has 1 heterocycles. The standard InChI is InChI=1S/C21H14F2N2O3S/c22-21(23)29(26,27)18-12-10-17(11-13-18)20-25-24-19(28-20)16-8-6-15(7-9-16)14-4-2-1-3-5-14/h1-13,21H. The Bertz CT molecular complexity index is 1220. The molecular formula is C21H14F2N2O3S. The summed E-state index contributed by atoms with van der Waals surface area (Å²) < 4.78 is 53.9. The molecule has 0 aliphatic carbocycles. The molecule has 0 radical (unpaired) electrons. The molecule has 0 amide bonds. The Morgan fingerprint density at radius 2 is 1.10 bits per heavy atom. The summed E-state index contributed by atoms with van der Waals surface area (Å²) in [5.74, 6) is -3.01.